The van der Waals surface area contributed by atoms with Crippen molar-refractivity contribution in [1.29, 1.82) is 0 Å². The molecular formula is C12H22. The molecule has 3 aliphatic carbocycles. The largest absolute Gasteiger partial charge is 0.0622 e. The van der Waals surface area contributed by atoms with Crippen LogP contribution in [0, 0.1) is 22.7 Å². The Morgan fingerprint density at radius 1 is 1.42 bits per heavy atom. The van der Waals surface area contributed by atoms with E-state index in [9.17, 15) is 0 Å². The monoisotopic (exact) mass is 168 g/mol. The van der Waals surface area contributed by atoms with Crippen LogP contribution in [0.15, 0.2) is 0 Å². The molecule has 12 heavy (non-hydrogen) atoms. The van der Waals surface area contributed by atoms with E-state index >= 15 is 0 Å². The molecule has 0 aromatic rings. The Kier molecular flexibility index (Phi) is 1.40. The average Bonchev–Trinajstić information content (AvgIpc) is 2.00. The maximum Gasteiger partial charge on any atom is 0.0275 e. The number of hydrogen-bond acceptors (Lipinski definition) is 0. The zero-order chi connectivity index (χ0) is 9.85. The molecule has 3 rings (SSSR count). The smallest absolute Gasteiger partial charge is 0.0275 e. The summed E-state index contributed by atoms with van der Waals surface area (Å²) in [5.41, 5.74) is 0.709. The van der Waals surface area contributed by atoms with Gasteiger partial charge in [0, 0.05) is 1.37 Å². The fourth-order valence-corrected chi connectivity index (χ4v) is 2.98. The fourth-order valence-electron chi connectivity index (χ4n) is 2.98. The molecule has 0 spiro atoms. The Morgan fingerprint density at radius 3 is 2.50 bits per heavy atom. The van der Waals surface area contributed by atoms with E-state index in [1.807, 2.05) is 0 Å². The minimum absolute atomic E-state index is 0.233. The van der Waals surface area contributed by atoms with E-state index in [0.717, 1.165) is 5.92 Å². The lowest BCUT2D eigenvalue weighted by Gasteiger charge is -2.62. The van der Waals surface area contributed by atoms with Crippen LogP contribution in [-0.2, 0) is 0 Å². The maximum atomic E-state index is 8.26. The number of rotatable bonds is 0. The van der Waals surface area contributed by atoms with Gasteiger partial charge in [0.05, 0.1) is 0 Å². The van der Waals surface area contributed by atoms with Gasteiger partial charge in [0.15, 0.2) is 0 Å². The molecule has 3 aliphatic rings. The van der Waals surface area contributed by atoms with Gasteiger partial charge in [0.25, 0.3) is 0 Å². The summed E-state index contributed by atoms with van der Waals surface area (Å²) in [6, 6.07) is 0. The van der Waals surface area contributed by atoms with Crippen molar-refractivity contribution < 1.29 is 1.37 Å². The predicted molar refractivity (Wildman–Crippen MR) is 53.0 cm³/mol. The molecule has 0 aliphatic heterocycles. The van der Waals surface area contributed by atoms with Crippen molar-refractivity contribution in [3.05, 3.63) is 0 Å². The second-order valence-electron chi connectivity index (χ2n) is 5.96. The first-order valence-electron chi connectivity index (χ1n) is 5.88. The minimum atomic E-state index is 0.233. The molecule has 70 valence electrons. The van der Waals surface area contributed by atoms with Crippen molar-refractivity contribution in [1.82, 2.24) is 0 Å². The molecule has 0 saturated heterocycles. The second-order valence-corrected chi connectivity index (χ2v) is 5.96. The third-order valence-corrected chi connectivity index (χ3v) is 4.40. The van der Waals surface area contributed by atoms with E-state index in [0.29, 0.717) is 16.7 Å². The summed E-state index contributed by atoms with van der Waals surface area (Å²) in [5.74, 6) is 1.53. The van der Waals surface area contributed by atoms with Crippen molar-refractivity contribution in [3.63, 3.8) is 0 Å². The summed E-state index contributed by atoms with van der Waals surface area (Å²) in [4.78, 5) is 0. The summed E-state index contributed by atoms with van der Waals surface area (Å²) in [5, 5.41) is 0. The SMILES string of the molecule is [3H]C1C2CC1(C(C)(C)C)CCC2C. The summed E-state index contributed by atoms with van der Waals surface area (Å²) in [6.45, 7) is 9.29. The fraction of sp³-hybridized carbons (Fsp3) is 1.00. The summed E-state index contributed by atoms with van der Waals surface area (Å²) in [6.07, 6.45) is 4.21. The summed E-state index contributed by atoms with van der Waals surface area (Å²) >= 11 is 0. The van der Waals surface area contributed by atoms with Crippen LogP contribution in [-0.4, -0.2) is 0 Å². The lowest BCUT2D eigenvalue weighted by atomic mass is 9.43. The van der Waals surface area contributed by atoms with E-state index in [2.05, 4.69) is 27.7 Å². The van der Waals surface area contributed by atoms with Gasteiger partial charge in [-0.3, -0.25) is 0 Å². The lowest BCUT2D eigenvalue weighted by molar-refractivity contribution is -0.117. The third kappa shape index (κ3) is 0.963. The highest BCUT2D eigenvalue weighted by atomic mass is 14.6. The van der Waals surface area contributed by atoms with E-state index in [-0.39, 0.29) is 6.40 Å². The summed E-state index contributed by atoms with van der Waals surface area (Å²) < 4.78 is 8.26. The van der Waals surface area contributed by atoms with Crippen LogP contribution in [0.25, 0.3) is 0 Å². The van der Waals surface area contributed by atoms with Crippen LogP contribution < -0.4 is 0 Å². The van der Waals surface area contributed by atoms with E-state index in [4.69, 9.17) is 1.37 Å². The normalized spacial score (nSPS) is 54.3. The second kappa shape index (κ2) is 2.27. The highest BCUT2D eigenvalue weighted by Crippen LogP contribution is 2.65. The van der Waals surface area contributed by atoms with E-state index < -0.39 is 0 Å². The third-order valence-electron chi connectivity index (χ3n) is 4.40. The summed E-state index contributed by atoms with van der Waals surface area (Å²) in [7, 11) is 0. The van der Waals surface area contributed by atoms with Gasteiger partial charge in [-0.25, -0.2) is 0 Å². The van der Waals surface area contributed by atoms with Crippen LogP contribution in [0.5, 0.6) is 0 Å². The van der Waals surface area contributed by atoms with Crippen LogP contribution in [0.1, 0.15) is 54.7 Å². The molecule has 4 atom stereocenters. The van der Waals surface area contributed by atoms with Gasteiger partial charge < -0.3 is 0 Å². The topological polar surface area (TPSA) is 0 Å². The Hall–Kier alpha value is 0. The Balaban J connectivity index is 2.21. The molecule has 0 aromatic carbocycles. The molecule has 3 saturated carbocycles. The molecule has 0 heterocycles. The van der Waals surface area contributed by atoms with Gasteiger partial charge in [-0.05, 0) is 48.3 Å². The number of fused-ring (bicyclic) bond motifs is 2. The van der Waals surface area contributed by atoms with Crippen LogP contribution in [0.2, 0.25) is 0 Å². The average molecular weight is 168 g/mol. The van der Waals surface area contributed by atoms with Crippen molar-refractivity contribution in [2.24, 2.45) is 22.7 Å². The molecule has 0 amide bonds. The van der Waals surface area contributed by atoms with Crippen molar-refractivity contribution in [2.45, 2.75) is 53.4 Å². The van der Waals surface area contributed by atoms with Crippen molar-refractivity contribution >= 4 is 0 Å². The van der Waals surface area contributed by atoms with Crippen LogP contribution in [0.4, 0.5) is 0 Å². The molecule has 0 aromatic heterocycles. The van der Waals surface area contributed by atoms with Gasteiger partial charge in [0.1, 0.15) is 0 Å². The minimum Gasteiger partial charge on any atom is -0.0622 e. The van der Waals surface area contributed by atoms with Gasteiger partial charge in [-0.2, -0.15) is 0 Å². The van der Waals surface area contributed by atoms with Crippen LogP contribution in [0.3, 0.4) is 0 Å². The first-order chi connectivity index (χ1) is 5.88. The van der Waals surface area contributed by atoms with Gasteiger partial charge in [-0.1, -0.05) is 27.7 Å². The lowest BCUT2D eigenvalue weighted by Crippen LogP contribution is -2.52. The van der Waals surface area contributed by atoms with Crippen molar-refractivity contribution in [3.8, 4) is 0 Å². The zero-order valence-electron chi connectivity index (χ0n) is 9.85. The van der Waals surface area contributed by atoms with Crippen molar-refractivity contribution in [2.75, 3.05) is 0 Å². The molecule has 0 radical (unpaired) electrons. The maximum absolute atomic E-state index is 8.26. The molecule has 0 heteroatoms. The Bertz CT molecular complexity index is 212. The molecule has 0 nitrogen and oxygen atoms in total. The predicted octanol–water partition coefficient (Wildman–Crippen LogP) is 3.86. The molecule has 0 N–H and O–H groups in total. The van der Waals surface area contributed by atoms with E-state index in [1.54, 1.807) is 0 Å². The number of hydrogen-bond donors (Lipinski definition) is 0. The molecular weight excluding hydrogens is 144 g/mol. The Labute approximate surface area is 78.1 Å². The highest BCUT2D eigenvalue weighted by molar-refractivity contribution is 5.05. The van der Waals surface area contributed by atoms with Gasteiger partial charge in [-0.15, -0.1) is 0 Å². The zero-order valence-corrected chi connectivity index (χ0v) is 8.85. The van der Waals surface area contributed by atoms with Gasteiger partial charge in [0.2, 0.25) is 0 Å². The molecule has 3 fully saturated rings. The highest BCUT2D eigenvalue weighted by Gasteiger charge is 2.55. The van der Waals surface area contributed by atoms with Gasteiger partial charge >= 0.3 is 0 Å². The first kappa shape index (κ1) is 7.41. The van der Waals surface area contributed by atoms with Crippen LogP contribution >= 0.6 is 0 Å². The Morgan fingerprint density at radius 2 is 2.08 bits per heavy atom. The van der Waals surface area contributed by atoms with E-state index in [1.165, 1.54) is 19.3 Å². The standard InChI is InChI=1S/C12H22/c1-9-5-6-12(11(2,3)4)7-10(9)8-12/h9-10H,5-8H2,1-4H3/i7T. The molecule has 2 bridgehead atoms. The first-order valence-corrected chi connectivity index (χ1v) is 5.31. The quantitative estimate of drug-likeness (QED) is 0.515. The molecule has 4 unspecified atom stereocenters.